The molecule has 0 bridgehead atoms. The van der Waals surface area contributed by atoms with Crippen LogP contribution in [-0.4, -0.2) is 43.3 Å². The monoisotopic (exact) mass is 406 g/mol. The zero-order valence-corrected chi connectivity index (χ0v) is 16.0. The smallest absolute Gasteiger partial charge is 0.169 e. The Kier molecular flexibility index (Phi) is 2.95. The summed E-state index contributed by atoms with van der Waals surface area (Å²) < 4.78 is 66.5. The number of aromatic nitrogens is 5. The number of nitrogens with zero attached hydrogens (tertiary/aromatic N) is 6. The number of Topliss-reactive ketones (excluding diaryl/α,β-unsaturated/α-hetero) is 1. The van der Waals surface area contributed by atoms with E-state index in [-0.39, 0.29) is 12.0 Å². The molecule has 1 aliphatic heterocycles. The van der Waals surface area contributed by atoms with Crippen LogP contribution >= 0.6 is 0 Å². The van der Waals surface area contributed by atoms with E-state index < -0.39 is 37.3 Å². The van der Waals surface area contributed by atoms with Gasteiger partial charge in [-0.2, -0.15) is 0 Å². The molecule has 7 heteroatoms. The summed E-state index contributed by atoms with van der Waals surface area (Å²) in [5, 5.41) is 0.778. The number of aryl methyl sites for hydroxylation is 1. The Labute approximate surface area is 185 Å². The molecule has 1 fully saturated rings. The van der Waals surface area contributed by atoms with E-state index in [1.54, 1.807) is 24.8 Å². The van der Waals surface area contributed by atoms with Gasteiger partial charge in [0.2, 0.25) is 0 Å². The summed E-state index contributed by atoms with van der Waals surface area (Å²) in [6.07, 6.45) is -0.409. The van der Waals surface area contributed by atoms with Crippen LogP contribution < -0.4 is 4.90 Å². The fraction of sp³-hybridized carbons (Fsp3) is 0.261. The van der Waals surface area contributed by atoms with Gasteiger partial charge in [-0.3, -0.25) is 9.78 Å². The van der Waals surface area contributed by atoms with Gasteiger partial charge in [0, 0.05) is 54.4 Å². The number of carbonyl (C=O) groups is 1. The van der Waals surface area contributed by atoms with Gasteiger partial charge in [0.05, 0.1) is 41.5 Å². The van der Waals surface area contributed by atoms with Crippen molar-refractivity contribution < 1.29 is 15.8 Å². The van der Waals surface area contributed by atoms with Crippen LogP contribution in [0.15, 0.2) is 55.2 Å². The van der Waals surface area contributed by atoms with E-state index in [2.05, 4.69) is 19.9 Å². The molecule has 4 aromatic heterocycles. The first-order valence-electron chi connectivity index (χ1n) is 13.2. The predicted molar refractivity (Wildman–Crippen MR) is 115 cm³/mol. The summed E-state index contributed by atoms with van der Waals surface area (Å²) >= 11 is 0. The van der Waals surface area contributed by atoms with Gasteiger partial charge in [0.15, 0.2) is 5.78 Å². The summed E-state index contributed by atoms with van der Waals surface area (Å²) in [6.45, 7) is -6.18. The number of ketones is 1. The molecule has 0 aromatic carbocycles. The van der Waals surface area contributed by atoms with Crippen LogP contribution in [0.3, 0.4) is 0 Å². The van der Waals surface area contributed by atoms with E-state index in [4.69, 9.17) is 11.0 Å². The molecule has 0 spiro atoms. The summed E-state index contributed by atoms with van der Waals surface area (Å²) in [7, 11) is 1.86. The van der Waals surface area contributed by atoms with Gasteiger partial charge in [0.1, 0.15) is 5.82 Å². The molecule has 4 aromatic rings. The third-order valence-electron chi connectivity index (χ3n) is 4.75. The van der Waals surface area contributed by atoms with Crippen LogP contribution in [0.2, 0.25) is 0 Å². The Morgan fingerprint density at radius 1 is 1.13 bits per heavy atom. The first-order valence-corrected chi connectivity index (χ1v) is 9.20. The summed E-state index contributed by atoms with van der Waals surface area (Å²) in [5.74, 6) is -0.820. The number of imidazole rings is 1. The lowest BCUT2D eigenvalue weighted by molar-refractivity contribution is 0.0992. The molecular formula is C23H22N6O. The van der Waals surface area contributed by atoms with Crippen LogP contribution in [0.4, 0.5) is 5.82 Å². The van der Waals surface area contributed by atoms with Crippen molar-refractivity contribution in [2.75, 3.05) is 17.9 Å². The fourth-order valence-electron chi connectivity index (χ4n) is 3.19. The Balaban J connectivity index is 1.45. The molecule has 1 saturated heterocycles. The van der Waals surface area contributed by atoms with E-state index in [1.807, 2.05) is 23.7 Å². The molecule has 1 aliphatic rings. The zero-order valence-electron chi connectivity index (χ0n) is 24.0. The van der Waals surface area contributed by atoms with Crippen LogP contribution in [0.1, 0.15) is 39.8 Å². The second kappa shape index (κ2) is 7.67. The SMILES string of the molecule is [2H]C1([2H])N(c2cc(C(=O)Cc3cc4nc(-c5cncn5C)ccc4cn3)ccn2)C([2H])([2H])C([2H])([2H])C1([2H])[2H]. The first kappa shape index (κ1) is 11.5. The average molecular weight is 407 g/mol. The average Bonchev–Trinajstić information content (AvgIpc) is 3.31. The number of pyridine rings is 3. The minimum Gasteiger partial charge on any atom is -0.357 e. The highest BCUT2D eigenvalue weighted by molar-refractivity contribution is 5.98. The third kappa shape index (κ3) is 3.54. The van der Waals surface area contributed by atoms with Crippen molar-refractivity contribution in [3.63, 3.8) is 0 Å². The predicted octanol–water partition coefficient (Wildman–Crippen LogP) is 3.45. The van der Waals surface area contributed by atoms with Gasteiger partial charge < -0.3 is 9.47 Å². The number of hydrogen-bond acceptors (Lipinski definition) is 6. The molecule has 0 saturated carbocycles. The van der Waals surface area contributed by atoms with Gasteiger partial charge >= 0.3 is 0 Å². The molecule has 0 radical (unpaired) electrons. The lowest BCUT2D eigenvalue weighted by Gasteiger charge is -2.16. The molecule has 5 rings (SSSR count). The Hall–Kier alpha value is -3.61. The number of carbonyl (C=O) groups excluding carboxylic acids is 1. The van der Waals surface area contributed by atoms with Crippen LogP contribution in [0, 0.1) is 0 Å². The lowest BCUT2D eigenvalue weighted by atomic mass is 10.1. The molecule has 5 heterocycles. The second-order valence-corrected chi connectivity index (χ2v) is 6.77. The van der Waals surface area contributed by atoms with Gasteiger partial charge in [-0.05, 0) is 43.1 Å². The highest BCUT2D eigenvalue weighted by Crippen LogP contribution is 2.22. The standard InChI is InChI=1S/C23H22N6O/c1-28-15-24-14-21(28)19-5-4-17-13-26-18(11-20(17)27-19)12-22(30)16-6-7-25-23(10-16)29-8-2-3-9-29/h4-7,10-11,13-15H,2-3,8-9,12H2,1H3/i2D2,3D2,8D2,9D2. The van der Waals surface area contributed by atoms with Crippen molar-refractivity contribution in [3.05, 3.63) is 66.5 Å². The lowest BCUT2D eigenvalue weighted by Crippen LogP contribution is -2.19. The second-order valence-electron chi connectivity index (χ2n) is 6.77. The van der Waals surface area contributed by atoms with E-state index >= 15 is 0 Å². The van der Waals surface area contributed by atoms with E-state index in [1.165, 1.54) is 12.3 Å². The Morgan fingerprint density at radius 2 is 2.00 bits per heavy atom. The topological polar surface area (TPSA) is 76.8 Å². The number of hydrogen-bond donors (Lipinski definition) is 0. The van der Waals surface area contributed by atoms with Gasteiger partial charge in [0.25, 0.3) is 0 Å². The maximum absolute atomic E-state index is 13.1. The van der Waals surface area contributed by atoms with Gasteiger partial charge in [-0.25, -0.2) is 15.0 Å². The van der Waals surface area contributed by atoms with Crippen molar-refractivity contribution in [1.29, 1.82) is 0 Å². The number of rotatable bonds is 5. The quantitative estimate of drug-likeness (QED) is 0.473. The van der Waals surface area contributed by atoms with Crippen LogP contribution in [0.5, 0.6) is 0 Å². The van der Waals surface area contributed by atoms with E-state index in [9.17, 15) is 4.79 Å². The number of fused-ring (bicyclic) bond motifs is 1. The molecule has 150 valence electrons. The van der Waals surface area contributed by atoms with Gasteiger partial charge in [-0.15, -0.1) is 0 Å². The molecule has 0 N–H and O–H groups in total. The molecule has 0 aliphatic carbocycles. The zero-order chi connectivity index (χ0) is 27.7. The van der Waals surface area contributed by atoms with Crippen molar-refractivity contribution in [1.82, 2.24) is 24.5 Å². The molecule has 0 unspecified atom stereocenters. The minimum absolute atomic E-state index is 0.0631. The van der Waals surface area contributed by atoms with Gasteiger partial charge in [-0.1, -0.05) is 0 Å². The summed E-state index contributed by atoms with van der Waals surface area (Å²) in [6, 6.07) is 7.92. The highest BCUT2D eigenvalue weighted by Gasteiger charge is 2.16. The maximum Gasteiger partial charge on any atom is 0.169 e. The van der Waals surface area contributed by atoms with Crippen molar-refractivity contribution in [3.8, 4) is 11.4 Å². The first-order chi connectivity index (χ1) is 17.7. The Bertz CT molecular complexity index is 1540. The molecule has 30 heavy (non-hydrogen) atoms. The van der Waals surface area contributed by atoms with Crippen LogP contribution in [0.25, 0.3) is 22.3 Å². The highest BCUT2D eigenvalue weighted by atomic mass is 16.1. The molecule has 0 amide bonds. The van der Waals surface area contributed by atoms with Crippen molar-refractivity contribution in [2.45, 2.75) is 19.2 Å². The molecular weight excluding hydrogens is 376 g/mol. The third-order valence-corrected chi connectivity index (χ3v) is 4.75. The summed E-state index contributed by atoms with van der Waals surface area (Å²) in [5.41, 5.74) is 2.64. The summed E-state index contributed by atoms with van der Waals surface area (Å²) in [4.78, 5) is 30.5. The normalized spacial score (nSPS) is 24.5. The molecule has 7 nitrogen and oxygen atoms in total. The minimum atomic E-state index is -3.21. The largest absolute Gasteiger partial charge is 0.357 e. The molecule has 0 atom stereocenters. The van der Waals surface area contributed by atoms with Crippen LogP contribution in [-0.2, 0) is 13.5 Å². The van der Waals surface area contributed by atoms with Crippen molar-refractivity contribution in [2.24, 2.45) is 7.05 Å². The Morgan fingerprint density at radius 3 is 2.80 bits per heavy atom. The van der Waals surface area contributed by atoms with Crippen molar-refractivity contribution >= 4 is 22.5 Å². The van der Waals surface area contributed by atoms with E-state index in [0.717, 1.165) is 17.1 Å². The maximum atomic E-state index is 13.1. The fourth-order valence-corrected chi connectivity index (χ4v) is 3.19. The van der Waals surface area contributed by atoms with E-state index in [0.29, 0.717) is 21.8 Å². The number of anilines is 1.